The van der Waals surface area contributed by atoms with Crippen molar-refractivity contribution in [2.45, 2.75) is 31.5 Å². The van der Waals surface area contributed by atoms with E-state index in [1.807, 2.05) is 0 Å². The predicted octanol–water partition coefficient (Wildman–Crippen LogP) is 4.83. The second-order valence-corrected chi connectivity index (χ2v) is 5.90. The van der Waals surface area contributed by atoms with Gasteiger partial charge in [0.15, 0.2) is 0 Å². The molecule has 0 saturated heterocycles. The Morgan fingerprint density at radius 2 is 2.12 bits per heavy atom. The molecule has 16 heavy (non-hydrogen) atoms. The first-order valence-corrected chi connectivity index (χ1v) is 7.60. The smallest absolute Gasteiger partial charge is 0.126 e. The maximum absolute atomic E-state index is 5.91. The van der Waals surface area contributed by atoms with E-state index < -0.39 is 0 Å². The number of halogens is 2. The van der Waals surface area contributed by atoms with Gasteiger partial charge in [0.05, 0.1) is 6.61 Å². The standard InChI is InChI=1S/C13H16Br2O/c1-9-6-12(15)7-11(8-14)13(9)16-5-4-10-2-3-10/h6-7,10H,2-5,8H2,1H3. The molecule has 2 rings (SSSR count). The van der Waals surface area contributed by atoms with Crippen LogP contribution in [0.3, 0.4) is 0 Å². The fourth-order valence-electron chi connectivity index (χ4n) is 1.84. The SMILES string of the molecule is Cc1cc(Br)cc(CBr)c1OCCC1CC1. The molecule has 0 aliphatic heterocycles. The van der Waals surface area contributed by atoms with Crippen molar-refractivity contribution in [2.75, 3.05) is 6.61 Å². The first kappa shape index (κ1) is 12.4. The van der Waals surface area contributed by atoms with Crippen molar-refractivity contribution in [1.29, 1.82) is 0 Å². The van der Waals surface area contributed by atoms with Crippen molar-refractivity contribution in [3.63, 3.8) is 0 Å². The molecule has 1 fully saturated rings. The summed E-state index contributed by atoms with van der Waals surface area (Å²) in [7, 11) is 0. The fraction of sp³-hybridized carbons (Fsp3) is 0.538. The molecule has 0 radical (unpaired) electrons. The normalized spacial score (nSPS) is 15.2. The highest BCUT2D eigenvalue weighted by Gasteiger charge is 2.21. The molecule has 0 heterocycles. The van der Waals surface area contributed by atoms with E-state index in [4.69, 9.17) is 4.74 Å². The van der Waals surface area contributed by atoms with Crippen LogP contribution >= 0.6 is 31.9 Å². The van der Waals surface area contributed by atoms with E-state index in [1.165, 1.54) is 30.4 Å². The van der Waals surface area contributed by atoms with Crippen molar-refractivity contribution in [3.8, 4) is 5.75 Å². The minimum atomic E-state index is 0.839. The van der Waals surface area contributed by atoms with E-state index in [1.54, 1.807) is 0 Å². The zero-order chi connectivity index (χ0) is 11.5. The van der Waals surface area contributed by atoms with Crippen LogP contribution in [0.5, 0.6) is 5.75 Å². The maximum Gasteiger partial charge on any atom is 0.126 e. The van der Waals surface area contributed by atoms with Crippen molar-refractivity contribution < 1.29 is 4.74 Å². The van der Waals surface area contributed by atoms with Crippen LogP contribution in [0, 0.1) is 12.8 Å². The Labute approximate surface area is 114 Å². The topological polar surface area (TPSA) is 9.23 Å². The lowest BCUT2D eigenvalue weighted by atomic mass is 10.1. The molecule has 88 valence electrons. The monoisotopic (exact) mass is 346 g/mol. The van der Waals surface area contributed by atoms with E-state index in [9.17, 15) is 0 Å². The summed E-state index contributed by atoms with van der Waals surface area (Å²) in [4.78, 5) is 0. The second-order valence-electron chi connectivity index (χ2n) is 4.43. The first-order chi connectivity index (χ1) is 7.70. The van der Waals surface area contributed by atoms with E-state index in [2.05, 4.69) is 50.9 Å². The first-order valence-electron chi connectivity index (χ1n) is 5.68. The van der Waals surface area contributed by atoms with Crippen LogP contribution in [0.15, 0.2) is 16.6 Å². The third kappa shape index (κ3) is 3.24. The van der Waals surface area contributed by atoms with Gasteiger partial charge in [0, 0.05) is 15.4 Å². The number of benzene rings is 1. The Morgan fingerprint density at radius 3 is 2.75 bits per heavy atom. The van der Waals surface area contributed by atoms with E-state index in [-0.39, 0.29) is 0 Å². The summed E-state index contributed by atoms with van der Waals surface area (Å²) in [6.45, 7) is 2.95. The molecular formula is C13H16Br2O. The zero-order valence-electron chi connectivity index (χ0n) is 9.43. The average Bonchev–Trinajstić information content (AvgIpc) is 3.04. The summed E-state index contributed by atoms with van der Waals surface area (Å²) in [5, 5.41) is 0.839. The highest BCUT2D eigenvalue weighted by molar-refractivity contribution is 9.10. The molecule has 0 unspecified atom stereocenters. The van der Waals surface area contributed by atoms with E-state index in [0.717, 1.165) is 28.1 Å². The van der Waals surface area contributed by atoms with Gasteiger partial charge in [-0.2, -0.15) is 0 Å². The van der Waals surface area contributed by atoms with E-state index >= 15 is 0 Å². The lowest BCUT2D eigenvalue weighted by Gasteiger charge is -2.13. The van der Waals surface area contributed by atoms with Gasteiger partial charge in [0.2, 0.25) is 0 Å². The highest BCUT2D eigenvalue weighted by atomic mass is 79.9. The molecule has 0 aromatic heterocycles. The molecule has 0 bridgehead atoms. The highest BCUT2D eigenvalue weighted by Crippen LogP contribution is 2.34. The lowest BCUT2D eigenvalue weighted by Crippen LogP contribution is -2.02. The average molecular weight is 348 g/mol. The summed E-state index contributed by atoms with van der Waals surface area (Å²) in [6, 6.07) is 4.23. The molecule has 1 saturated carbocycles. The van der Waals surface area contributed by atoms with Gasteiger partial charge in [-0.15, -0.1) is 0 Å². The van der Waals surface area contributed by atoms with Crippen molar-refractivity contribution in [1.82, 2.24) is 0 Å². The minimum absolute atomic E-state index is 0.839. The van der Waals surface area contributed by atoms with Crippen LogP contribution < -0.4 is 4.74 Å². The number of aryl methyl sites for hydroxylation is 1. The Morgan fingerprint density at radius 1 is 1.38 bits per heavy atom. The molecular weight excluding hydrogens is 332 g/mol. The second kappa shape index (κ2) is 5.54. The third-order valence-corrected chi connectivity index (χ3v) is 3.99. The Balaban J connectivity index is 2.04. The van der Waals surface area contributed by atoms with Gasteiger partial charge in [-0.3, -0.25) is 0 Å². The number of alkyl halides is 1. The molecule has 1 aliphatic rings. The van der Waals surface area contributed by atoms with Gasteiger partial charge < -0.3 is 4.74 Å². The Bertz CT molecular complexity index is 372. The van der Waals surface area contributed by atoms with E-state index in [0.29, 0.717) is 0 Å². The van der Waals surface area contributed by atoms with Gasteiger partial charge >= 0.3 is 0 Å². The number of ether oxygens (including phenoxy) is 1. The van der Waals surface area contributed by atoms with Gasteiger partial charge in [0.1, 0.15) is 5.75 Å². The molecule has 0 spiro atoms. The molecule has 0 atom stereocenters. The summed E-state index contributed by atoms with van der Waals surface area (Å²) < 4.78 is 7.03. The molecule has 1 aromatic rings. The van der Waals surface area contributed by atoms with Crippen LogP contribution in [0.25, 0.3) is 0 Å². The summed E-state index contributed by atoms with van der Waals surface area (Å²) in [5.74, 6) is 1.99. The minimum Gasteiger partial charge on any atom is -0.493 e. The maximum atomic E-state index is 5.91. The number of rotatable bonds is 5. The lowest BCUT2D eigenvalue weighted by molar-refractivity contribution is 0.298. The molecule has 0 N–H and O–H groups in total. The van der Waals surface area contributed by atoms with Crippen molar-refractivity contribution >= 4 is 31.9 Å². The molecule has 1 aliphatic carbocycles. The van der Waals surface area contributed by atoms with Crippen LogP contribution in [-0.2, 0) is 5.33 Å². The van der Waals surface area contributed by atoms with Crippen LogP contribution in [-0.4, -0.2) is 6.61 Å². The summed E-state index contributed by atoms with van der Waals surface area (Å²) in [5.41, 5.74) is 2.43. The Hall–Kier alpha value is -0.0200. The molecule has 0 amide bonds. The molecule has 1 aromatic carbocycles. The third-order valence-electron chi connectivity index (χ3n) is 2.93. The van der Waals surface area contributed by atoms with Crippen molar-refractivity contribution in [3.05, 3.63) is 27.7 Å². The van der Waals surface area contributed by atoms with Gasteiger partial charge in [-0.1, -0.05) is 44.7 Å². The zero-order valence-corrected chi connectivity index (χ0v) is 12.6. The van der Waals surface area contributed by atoms with Crippen LogP contribution in [0.4, 0.5) is 0 Å². The number of hydrogen-bond acceptors (Lipinski definition) is 1. The molecule has 3 heteroatoms. The quantitative estimate of drug-likeness (QED) is 0.693. The largest absolute Gasteiger partial charge is 0.493 e. The predicted molar refractivity (Wildman–Crippen MR) is 74.3 cm³/mol. The van der Waals surface area contributed by atoms with Gasteiger partial charge in [-0.25, -0.2) is 0 Å². The number of hydrogen-bond donors (Lipinski definition) is 0. The van der Waals surface area contributed by atoms with Crippen LogP contribution in [0.1, 0.15) is 30.4 Å². The van der Waals surface area contributed by atoms with Gasteiger partial charge in [0.25, 0.3) is 0 Å². The summed E-state index contributed by atoms with van der Waals surface area (Å²) >= 11 is 7.02. The Kier molecular flexibility index (Phi) is 4.31. The fourth-order valence-corrected chi connectivity index (χ4v) is 2.88. The summed E-state index contributed by atoms with van der Waals surface area (Å²) in [6.07, 6.45) is 4.00. The van der Waals surface area contributed by atoms with Crippen molar-refractivity contribution in [2.24, 2.45) is 5.92 Å². The van der Waals surface area contributed by atoms with Gasteiger partial charge in [-0.05, 0) is 37.0 Å². The molecule has 1 nitrogen and oxygen atoms in total. The van der Waals surface area contributed by atoms with Crippen LogP contribution in [0.2, 0.25) is 0 Å².